The predicted molar refractivity (Wildman–Crippen MR) is 64.2 cm³/mol. The number of fused-ring (bicyclic) bond motifs is 2. The van der Waals surface area contributed by atoms with Crippen molar-refractivity contribution in [2.75, 3.05) is 0 Å². The van der Waals surface area contributed by atoms with Gasteiger partial charge in [-0.25, -0.2) is 0 Å². The maximum atomic E-state index is 12.2. The van der Waals surface area contributed by atoms with Crippen molar-refractivity contribution in [1.29, 1.82) is 0 Å². The summed E-state index contributed by atoms with van der Waals surface area (Å²) in [6.07, 6.45) is 3.35. The van der Waals surface area contributed by atoms with E-state index in [9.17, 15) is 9.59 Å². The van der Waals surface area contributed by atoms with E-state index in [0.717, 1.165) is 11.1 Å². The van der Waals surface area contributed by atoms with Crippen LogP contribution in [0.2, 0.25) is 0 Å². The Morgan fingerprint density at radius 2 is 1.88 bits per heavy atom. The highest BCUT2D eigenvalue weighted by molar-refractivity contribution is 6.06. The Morgan fingerprint density at radius 1 is 1.18 bits per heavy atom. The van der Waals surface area contributed by atoms with E-state index in [-0.39, 0.29) is 17.7 Å². The fourth-order valence-electron chi connectivity index (χ4n) is 2.39. The van der Waals surface area contributed by atoms with Crippen molar-refractivity contribution in [2.45, 2.75) is 12.5 Å². The zero-order valence-electron chi connectivity index (χ0n) is 9.22. The first-order valence-electron chi connectivity index (χ1n) is 5.50. The molecule has 0 spiro atoms. The van der Waals surface area contributed by atoms with Gasteiger partial charge in [0.2, 0.25) is 0 Å². The summed E-state index contributed by atoms with van der Waals surface area (Å²) in [5, 5.41) is 0. The van der Waals surface area contributed by atoms with Gasteiger partial charge in [0.1, 0.15) is 0 Å². The lowest BCUT2D eigenvalue weighted by atomic mass is 9.86. The van der Waals surface area contributed by atoms with E-state index in [1.807, 2.05) is 18.2 Å². The summed E-state index contributed by atoms with van der Waals surface area (Å²) in [7, 11) is 0. The van der Waals surface area contributed by atoms with Crippen LogP contribution >= 0.6 is 0 Å². The average molecular weight is 225 g/mol. The van der Waals surface area contributed by atoms with E-state index in [4.69, 9.17) is 0 Å². The maximum Gasteiger partial charge on any atom is 0.259 e. The molecular formula is C14H11NO2. The van der Waals surface area contributed by atoms with E-state index < -0.39 is 0 Å². The number of ketones is 1. The number of hydrogen-bond donors (Lipinski definition) is 0. The van der Waals surface area contributed by atoms with E-state index in [1.54, 1.807) is 17.2 Å². The van der Waals surface area contributed by atoms with Gasteiger partial charge in [-0.05, 0) is 23.3 Å². The van der Waals surface area contributed by atoms with Gasteiger partial charge in [0, 0.05) is 18.2 Å². The average Bonchev–Trinajstić information content (AvgIpc) is 2.36. The van der Waals surface area contributed by atoms with E-state index in [2.05, 4.69) is 6.58 Å². The third-order valence-corrected chi connectivity index (χ3v) is 3.29. The molecule has 0 radical (unpaired) electrons. The fourth-order valence-corrected chi connectivity index (χ4v) is 2.39. The summed E-state index contributed by atoms with van der Waals surface area (Å²) < 4.78 is 0. The van der Waals surface area contributed by atoms with Crippen LogP contribution in [0, 0.1) is 0 Å². The quantitative estimate of drug-likeness (QED) is 0.677. The maximum absolute atomic E-state index is 12.2. The van der Waals surface area contributed by atoms with Crippen molar-refractivity contribution in [3.8, 4) is 0 Å². The molecule has 1 atom stereocenters. The molecule has 3 nitrogen and oxygen atoms in total. The molecule has 2 heterocycles. The van der Waals surface area contributed by atoms with Crippen LogP contribution < -0.4 is 0 Å². The highest BCUT2D eigenvalue weighted by Gasteiger charge is 2.36. The number of allylic oxidation sites excluding steroid dienone is 1. The third-order valence-electron chi connectivity index (χ3n) is 3.29. The van der Waals surface area contributed by atoms with Crippen molar-refractivity contribution in [3.63, 3.8) is 0 Å². The van der Waals surface area contributed by atoms with Gasteiger partial charge in [0.15, 0.2) is 5.78 Å². The summed E-state index contributed by atoms with van der Waals surface area (Å²) in [6.45, 7) is 4.03. The summed E-state index contributed by atoms with van der Waals surface area (Å²) in [5.41, 5.74) is 2.37. The van der Waals surface area contributed by atoms with Gasteiger partial charge in [-0.15, -0.1) is 0 Å². The first-order chi connectivity index (χ1) is 8.18. The number of nitrogens with zero attached hydrogens (tertiary/aromatic N) is 1. The Labute approximate surface area is 99.0 Å². The molecule has 1 aromatic rings. The molecule has 0 saturated carbocycles. The lowest BCUT2D eigenvalue weighted by Gasteiger charge is -2.37. The van der Waals surface area contributed by atoms with Gasteiger partial charge in [0.25, 0.3) is 5.91 Å². The first kappa shape index (κ1) is 10.0. The van der Waals surface area contributed by atoms with E-state index >= 15 is 0 Å². The molecule has 1 unspecified atom stereocenters. The first-order valence-corrected chi connectivity index (χ1v) is 5.50. The SMILES string of the molecule is C=C1c2ccccc2C(=O)N2C=CC(=O)CC12. The van der Waals surface area contributed by atoms with Crippen molar-refractivity contribution in [2.24, 2.45) is 0 Å². The number of benzene rings is 1. The van der Waals surface area contributed by atoms with E-state index in [1.165, 1.54) is 6.08 Å². The second kappa shape index (κ2) is 3.42. The van der Waals surface area contributed by atoms with Crippen molar-refractivity contribution >= 4 is 17.3 Å². The summed E-state index contributed by atoms with van der Waals surface area (Å²) >= 11 is 0. The fraction of sp³-hybridized carbons (Fsp3) is 0.143. The molecule has 0 N–H and O–H groups in total. The molecule has 2 aliphatic heterocycles. The highest BCUT2D eigenvalue weighted by atomic mass is 16.2. The molecule has 0 fully saturated rings. The minimum atomic E-state index is -0.213. The van der Waals surface area contributed by atoms with Gasteiger partial charge in [-0.1, -0.05) is 24.8 Å². The Morgan fingerprint density at radius 3 is 2.65 bits per heavy atom. The van der Waals surface area contributed by atoms with Gasteiger partial charge in [0.05, 0.1) is 6.04 Å². The van der Waals surface area contributed by atoms with Crippen molar-refractivity contribution in [3.05, 3.63) is 54.2 Å². The molecule has 1 amide bonds. The second-order valence-corrected chi connectivity index (χ2v) is 4.29. The Balaban J connectivity index is 2.17. The normalized spacial score (nSPS) is 22.5. The lowest BCUT2D eigenvalue weighted by molar-refractivity contribution is -0.115. The lowest BCUT2D eigenvalue weighted by Crippen LogP contribution is -2.44. The molecule has 0 aromatic heterocycles. The van der Waals surface area contributed by atoms with Crippen LogP contribution in [0.3, 0.4) is 0 Å². The number of carbonyl (C=O) groups is 2. The zero-order chi connectivity index (χ0) is 12.0. The van der Waals surface area contributed by atoms with Gasteiger partial charge >= 0.3 is 0 Å². The van der Waals surface area contributed by atoms with Crippen LogP contribution in [0.15, 0.2) is 43.1 Å². The molecule has 1 aromatic carbocycles. The Kier molecular flexibility index (Phi) is 2.01. The number of rotatable bonds is 0. The van der Waals surface area contributed by atoms with Gasteiger partial charge in [-0.2, -0.15) is 0 Å². The highest BCUT2D eigenvalue weighted by Crippen LogP contribution is 2.34. The molecule has 0 saturated heterocycles. The molecule has 0 aliphatic carbocycles. The topological polar surface area (TPSA) is 37.4 Å². The molecule has 2 aliphatic rings. The summed E-state index contributed by atoms with van der Waals surface area (Å²) in [6, 6.07) is 7.19. The van der Waals surface area contributed by atoms with Crippen LogP contribution in [-0.2, 0) is 4.79 Å². The van der Waals surface area contributed by atoms with Gasteiger partial charge < -0.3 is 4.90 Å². The third kappa shape index (κ3) is 1.35. The Hall–Kier alpha value is -2.16. The minimum Gasteiger partial charge on any atom is -0.307 e. The second-order valence-electron chi connectivity index (χ2n) is 4.29. The van der Waals surface area contributed by atoms with Crippen LogP contribution in [0.1, 0.15) is 22.3 Å². The van der Waals surface area contributed by atoms with Crippen molar-refractivity contribution < 1.29 is 9.59 Å². The summed E-state index contributed by atoms with van der Waals surface area (Å²) in [5.74, 6) is -0.0127. The molecule has 3 heteroatoms. The molecule has 17 heavy (non-hydrogen) atoms. The molecular weight excluding hydrogens is 214 g/mol. The van der Waals surface area contributed by atoms with Crippen LogP contribution in [0.25, 0.3) is 5.57 Å². The van der Waals surface area contributed by atoms with Crippen LogP contribution in [-0.4, -0.2) is 22.6 Å². The number of hydrogen-bond acceptors (Lipinski definition) is 2. The smallest absolute Gasteiger partial charge is 0.259 e. The standard InChI is InChI=1S/C14H11NO2/c1-9-11-4-2-3-5-12(11)14(17)15-7-6-10(16)8-13(9)15/h2-7,13H,1,8H2. The molecule has 84 valence electrons. The van der Waals surface area contributed by atoms with E-state index in [0.29, 0.717) is 12.0 Å². The summed E-state index contributed by atoms with van der Waals surface area (Å²) in [4.78, 5) is 25.2. The van der Waals surface area contributed by atoms with Crippen LogP contribution in [0.5, 0.6) is 0 Å². The minimum absolute atomic E-state index is 0.0413. The Bertz CT molecular complexity index is 571. The van der Waals surface area contributed by atoms with Gasteiger partial charge in [-0.3, -0.25) is 9.59 Å². The van der Waals surface area contributed by atoms with Crippen LogP contribution in [0.4, 0.5) is 0 Å². The van der Waals surface area contributed by atoms with Crippen molar-refractivity contribution in [1.82, 2.24) is 4.90 Å². The monoisotopic (exact) mass is 225 g/mol. The largest absolute Gasteiger partial charge is 0.307 e. The predicted octanol–water partition coefficient (Wildman–Crippen LogP) is 2.01. The number of carbonyl (C=O) groups excluding carboxylic acids is 2. The molecule has 0 bridgehead atoms. The molecule has 3 rings (SSSR count). The zero-order valence-corrected chi connectivity index (χ0v) is 9.22. The number of amides is 1.